The van der Waals surface area contributed by atoms with Crippen LogP contribution in [0.3, 0.4) is 0 Å². The first-order valence-corrected chi connectivity index (χ1v) is 5.67. The fourth-order valence-electron chi connectivity index (χ4n) is 1.39. The van der Waals surface area contributed by atoms with E-state index < -0.39 is 0 Å². The van der Waals surface area contributed by atoms with Crippen LogP contribution in [-0.4, -0.2) is 29.9 Å². The van der Waals surface area contributed by atoms with Crippen LogP contribution >= 0.6 is 0 Å². The van der Waals surface area contributed by atoms with E-state index in [1.807, 2.05) is 18.9 Å². The van der Waals surface area contributed by atoms with Gasteiger partial charge in [0.15, 0.2) is 0 Å². The standard InChI is InChI=1S/C11H20N4O/c1-3-14(2)10-8-11(16)15(13-9-10)7-5-4-6-12/h8-9H,3-7,12H2,1-2H3. The van der Waals surface area contributed by atoms with Crippen LogP contribution in [0.2, 0.25) is 0 Å². The minimum Gasteiger partial charge on any atom is -0.373 e. The van der Waals surface area contributed by atoms with E-state index in [1.54, 1.807) is 12.3 Å². The van der Waals surface area contributed by atoms with Crippen molar-refractivity contribution in [2.24, 2.45) is 5.73 Å². The van der Waals surface area contributed by atoms with Crippen LogP contribution in [0.4, 0.5) is 5.69 Å². The van der Waals surface area contributed by atoms with Crippen molar-refractivity contribution < 1.29 is 0 Å². The highest BCUT2D eigenvalue weighted by molar-refractivity contribution is 5.41. The SMILES string of the molecule is CCN(C)c1cnn(CCCCN)c(=O)c1. The number of nitrogens with two attached hydrogens (primary N) is 1. The van der Waals surface area contributed by atoms with E-state index in [0.717, 1.165) is 25.1 Å². The minimum absolute atomic E-state index is 0.0465. The Balaban J connectivity index is 2.72. The molecule has 0 bridgehead atoms. The smallest absolute Gasteiger partial charge is 0.268 e. The van der Waals surface area contributed by atoms with E-state index in [1.165, 1.54) is 4.68 Å². The second-order valence-electron chi connectivity index (χ2n) is 3.79. The molecule has 90 valence electrons. The molecule has 0 amide bonds. The highest BCUT2D eigenvalue weighted by Gasteiger charge is 2.02. The first-order chi connectivity index (χ1) is 7.69. The summed E-state index contributed by atoms with van der Waals surface area (Å²) >= 11 is 0. The van der Waals surface area contributed by atoms with Crippen molar-refractivity contribution in [2.75, 3.05) is 25.0 Å². The maximum absolute atomic E-state index is 11.7. The molecule has 0 aromatic carbocycles. The largest absolute Gasteiger partial charge is 0.373 e. The molecule has 0 aliphatic heterocycles. The molecule has 0 aliphatic carbocycles. The molecule has 0 saturated carbocycles. The van der Waals surface area contributed by atoms with Gasteiger partial charge in [0.05, 0.1) is 11.9 Å². The van der Waals surface area contributed by atoms with E-state index in [-0.39, 0.29) is 5.56 Å². The first-order valence-electron chi connectivity index (χ1n) is 5.67. The lowest BCUT2D eigenvalue weighted by atomic mass is 10.3. The van der Waals surface area contributed by atoms with Crippen LogP contribution in [-0.2, 0) is 6.54 Å². The number of rotatable bonds is 6. The second-order valence-corrected chi connectivity index (χ2v) is 3.79. The molecule has 16 heavy (non-hydrogen) atoms. The van der Waals surface area contributed by atoms with Gasteiger partial charge < -0.3 is 10.6 Å². The molecule has 0 atom stereocenters. The summed E-state index contributed by atoms with van der Waals surface area (Å²) in [5.41, 5.74) is 6.22. The van der Waals surface area contributed by atoms with Gasteiger partial charge in [0, 0.05) is 26.2 Å². The van der Waals surface area contributed by atoms with Crippen LogP contribution in [0.5, 0.6) is 0 Å². The molecule has 1 aromatic rings. The van der Waals surface area contributed by atoms with Gasteiger partial charge in [-0.1, -0.05) is 0 Å². The number of aromatic nitrogens is 2. The third-order valence-electron chi connectivity index (χ3n) is 2.59. The van der Waals surface area contributed by atoms with Crippen molar-refractivity contribution in [3.05, 3.63) is 22.6 Å². The van der Waals surface area contributed by atoms with Crippen LogP contribution in [0.25, 0.3) is 0 Å². The minimum atomic E-state index is -0.0465. The maximum atomic E-state index is 11.7. The molecule has 1 rings (SSSR count). The number of nitrogens with zero attached hydrogens (tertiary/aromatic N) is 3. The van der Waals surface area contributed by atoms with Gasteiger partial charge >= 0.3 is 0 Å². The maximum Gasteiger partial charge on any atom is 0.268 e. The second kappa shape index (κ2) is 6.27. The zero-order valence-electron chi connectivity index (χ0n) is 10.0. The monoisotopic (exact) mass is 224 g/mol. The summed E-state index contributed by atoms with van der Waals surface area (Å²) in [5, 5.41) is 4.14. The molecule has 5 nitrogen and oxygen atoms in total. The molecule has 5 heteroatoms. The van der Waals surface area contributed by atoms with Gasteiger partial charge in [-0.15, -0.1) is 0 Å². The van der Waals surface area contributed by atoms with E-state index in [4.69, 9.17) is 5.73 Å². The molecule has 0 unspecified atom stereocenters. The Morgan fingerprint density at radius 1 is 1.50 bits per heavy atom. The molecular formula is C11H20N4O. The number of aryl methyl sites for hydroxylation is 1. The summed E-state index contributed by atoms with van der Waals surface area (Å²) < 4.78 is 1.49. The highest BCUT2D eigenvalue weighted by atomic mass is 16.1. The lowest BCUT2D eigenvalue weighted by Crippen LogP contribution is -2.25. The van der Waals surface area contributed by atoms with Gasteiger partial charge in [0.2, 0.25) is 0 Å². The van der Waals surface area contributed by atoms with Crippen LogP contribution in [0, 0.1) is 0 Å². The molecule has 2 N–H and O–H groups in total. The quantitative estimate of drug-likeness (QED) is 0.712. The summed E-state index contributed by atoms with van der Waals surface area (Å²) in [6.45, 7) is 4.20. The van der Waals surface area contributed by atoms with Crippen molar-refractivity contribution in [3.63, 3.8) is 0 Å². The Kier molecular flexibility index (Phi) is 4.98. The Morgan fingerprint density at radius 2 is 2.25 bits per heavy atom. The summed E-state index contributed by atoms with van der Waals surface area (Å²) in [7, 11) is 1.94. The van der Waals surface area contributed by atoms with Crippen molar-refractivity contribution >= 4 is 5.69 Å². The molecule has 1 heterocycles. The van der Waals surface area contributed by atoms with Crippen LogP contribution in [0.15, 0.2) is 17.1 Å². The van der Waals surface area contributed by atoms with E-state index >= 15 is 0 Å². The predicted molar refractivity (Wildman–Crippen MR) is 65.7 cm³/mol. The number of hydrogen-bond donors (Lipinski definition) is 1. The van der Waals surface area contributed by atoms with Gasteiger partial charge in [0.1, 0.15) is 0 Å². The summed E-state index contributed by atoms with van der Waals surface area (Å²) in [6, 6.07) is 1.62. The third-order valence-corrected chi connectivity index (χ3v) is 2.59. The van der Waals surface area contributed by atoms with Crippen molar-refractivity contribution in [3.8, 4) is 0 Å². The fraction of sp³-hybridized carbons (Fsp3) is 0.636. The third kappa shape index (κ3) is 3.34. The molecular weight excluding hydrogens is 204 g/mol. The Hall–Kier alpha value is -1.36. The average molecular weight is 224 g/mol. The first kappa shape index (κ1) is 12.7. The van der Waals surface area contributed by atoms with E-state index in [2.05, 4.69) is 5.10 Å². The zero-order chi connectivity index (χ0) is 12.0. The van der Waals surface area contributed by atoms with Gasteiger partial charge in [-0.25, -0.2) is 4.68 Å². The molecule has 0 radical (unpaired) electrons. The normalized spacial score (nSPS) is 10.4. The fourth-order valence-corrected chi connectivity index (χ4v) is 1.39. The summed E-state index contributed by atoms with van der Waals surface area (Å²) in [6.07, 6.45) is 3.55. The number of unbranched alkanes of at least 4 members (excludes halogenated alkanes) is 1. The molecule has 0 saturated heterocycles. The average Bonchev–Trinajstić information content (AvgIpc) is 2.30. The lowest BCUT2D eigenvalue weighted by molar-refractivity contribution is 0.534. The zero-order valence-corrected chi connectivity index (χ0v) is 10.0. The van der Waals surface area contributed by atoms with Crippen LogP contribution in [0.1, 0.15) is 19.8 Å². The Morgan fingerprint density at radius 3 is 2.81 bits per heavy atom. The molecule has 0 fully saturated rings. The molecule has 1 aromatic heterocycles. The van der Waals surface area contributed by atoms with E-state index in [9.17, 15) is 4.79 Å². The summed E-state index contributed by atoms with van der Waals surface area (Å²) in [4.78, 5) is 13.7. The van der Waals surface area contributed by atoms with Crippen molar-refractivity contribution in [1.29, 1.82) is 0 Å². The van der Waals surface area contributed by atoms with Crippen LogP contribution < -0.4 is 16.2 Å². The number of anilines is 1. The van der Waals surface area contributed by atoms with Crippen molar-refractivity contribution in [1.82, 2.24) is 9.78 Å². The van der Waals surface area contributed by atoms with Gasteiger partial charge in [-0.05, 0) is 26.3 Å². The Labute approximate surface area is 95.9 Å². The van der Waals surface area contributed by atoms with E-state index in [0.29, 0.717) is 13.1 Å². The molecule has 0 spiro atoms. The number of hydrogen-bond acceptors (Lipinski definition) is 4. The Bertz CT molecular complexity index is 374. The predicted octanol–water partition coefficient (Wildman–Crippen LogP) is 0.438. The van der Waals surface area contributed by atoms with Gasteiger partial charge in [-0.3, -0.25) is 4.79 Å². The molecule has 0 aliphatic rings. The lowest BCUT2D eigenvalue weighted by Gasteiger charge is -2.16. The summed E-state index contributed by atoms with van der Waals surface area (Å²) in [5.74, 6) is 0. The van der Waals surface area contributed by atoms with Gasteiger partial charge in [-0.2, -0.15) is 5.10 Å². The topological polar surface area (TPSA) is 64.2 Å². The van der Waals surface area contributed by atoms with Gasteiger partial charge in [0.25, 0.3) is 5.56 Å². The highest BCUT2D eigenvalue weighted by Crippen LogP contribution is 2.05. The van der Waals surface area contributed by atoms with Crippen molar-refractivity contribution in [2.45, 2.75) is 26.3 Å².